The van der Waals surface area contributed by atoms with Crippen molar-refractivity contribution in [3.8, 4) is 0 Å². The lowest BCUT2D eigenvalue weighted by atomic mass is 10.0. The molecule has 0 fully saturated rings. The Bertz CT molecular complexity index is 1300. The highest BCUT2D eigenvalue weighted by atomic mass is 32.2. The first kappa shape index (κ1) is 19.2. The normalized spacial score (nSPS) is 11.3. The zero-order chi connectivity index (χ0) is 20.4. The number of fused-ring (bicyclic) bond motifs is 1. The monoisotopic (exact) mass is 422 g/mol. The van der Waals surface area contributed by atoms with Gasteiger partial charge in [-0.15, -0.1) is 11.3 Å². The lowest BCUT2D eigenvalue weighted by Gasteiger charge is -2.14. The van der Waals surface area contributed by atoms with Crippen LogP contribution < -0.4 is 10.0 Å². The van der Waals surface area contributed by atoms with E-state index in [4.69, 9.17) is 0 Å². The van der Waals surface area contributed by atoms with Gasteiger partial charge in [0.1, 0.15) is 4.21 Å². The number of sulfonamides is 1. The summed E-state index contributed by atoms with van der Waals surface area (Å²) in [7, 11) is -3.79. The molecule has 3 aromatic carbocycles. The highest BCUT2D eigenvalue weighted by Gasteiger charge is 2.21. The van der Waals surface area contributed by atoms with E-state index in [1.54, 1.807) is 23.6 Å². The molecule has 4 rings (SSSR count). The third kappa shape index (κ3) is 4.01. The molecule has 1 heterocycles. The van der Waals surface area contributed by atoms with E-state index >= 15 is 0 Å². The molecule has 7 heteroatoms. The van der Waals surface area contributed by atoms with Crippen molar-refractivity contribution in [2.45, 2.75) is 11.1 Å². The zero-order valence-corrected chi connectivity index (χ0v) is 17.2. The Kier molecular flexibility index (Phi) is 5.08. The maximum atomic E-state index is 13.1. The van der Waals surface area contributed by atoms with Gasteiger partial charge in [-0.3, -0.25) is 9.52 Å². The van der Waals surface area contributed by atoms with Gasteiger partial charge in [-0.2, -0.15) is 0 Å². The molecule has 0 saturated heterocycles. The van der Waals surface area contributed by atoms with E-state index in [-0.39, 0.29) is 21.4 Å². The average molecular weight is 423 g/mol. The van der Waals surface area contributed by atoms with Gasteiger partial charge < -0.3 is 5.32 Å². The fourth-order valence-corrected chi connectivity index (χ4v) is 5.09. The molecule has 0 unspecified atom stereocenters. The molecule has 5 nitrogen and oxygen atoms in total. The minimum atomic E-state index is -3.79. The Hall–Kier alpha value is -3.16. The van der Waals surface area contributed by atoms with Crippen molar-refractivity contribution in [3.05, 3.63) is 89.3 Å². The second kappa shape index (κ2) is 7.69. The number of benzene rings is 3. The molecule has 0 saturated carbocycles. The summed E-state index contributed by atoms with van der Waals surface area (Å²) < 4.78 is 28.3. The van der Waals surface area contributed by atoms with Crippen LogP contribution in [0.5, 0.6) is 0 Å². The third-order valence-corrected chi connectivity index (χ3v) is 7.29. The van der Waals surface area contributed by atoms with Crippen molar-refractivity contribution in [2.75, 3.05) is 10.0 Å². The van der Waals surface area contributed by atoms with Crippen LogP contribution in [0.25, 0.3) is 10.8 Å². The number of aryl methyl sites for hydroxylation is 1. The predicted octanol–water partition coefficient (Wildman–Crippen LogP) is 5.26. The fraction of sp³-hybridized carbons (Fsp3) is 0.0455. The van der Waals surface area contributed by atoms with E-state index in [1.807, 2.05) is 55.5 Å². The fourth-order valence-electron chi connectivity index (χ4n) is 3.03. The molecule has 146 valence electrons. The number of hydrogen-bond donors (Lipinski definition) is 2. The maximum absolute atomic E-state index is 13.1. The summed E-state index contributed by atoms with van der Waals surface area (Å²) in [5.74, 6) is -0.381. The summed E-state index contributed by atoms with van der Waals surface area (Å²) in [5, 5.41) is 6.26. The minimum Gasteiger partial charge on any atom is -0.322 e. The average Bonchev–Trinajstić information content (AvgIpc) is 3.25. The quantitative estimate of drug-likeness (QED) is 0.460. The van der Waals surface area contributed by atoms with Gasteiger partial charge in [0.2, 0.25) is 0 Å². The number of para-hydroxylation sites is 1. The molecule has 0 aliphatic heterocycles. The Morgan fingerprint density at radius 1 is 0.862 bits per heavy atom. The first-order valence-electron chi connectivity index (χ1n) is 8.90. The van der Waals surface area contributed by atoms with Crippen LogP contribution in [0.15, 0.2) is 82.4 Å². The molecule has 1 aromatic heterocycles. The number of nitrogens with one attached hydrogen (secondary N) is 2. The molecule has 1 amide bonds. The molecular formula is C22H18N2O3S2. The molecule has 29 heavy (non-hydrogen) atoms. The van der Waals surface area contributed by atoms with Gasteiger partial charge in [-0.25, -0.2) is 8.42 Å². The molecule has 2 N–H and O–H groups in total. The first-order valence-corrected chi connectivity index (χ1v) is 11.3. The number of hydrogen-bond acceptors (Lipinski definition) is 4. The van der Waals surface area contributed by atoms with Gasteiger partial charge in [0.05, 0.1) is 11.3 Å². The van der Waals surface area contributed by atoms with Crippen LogP contribution in [0.4, 0.5) is 11.4 Å². The number of amides is 1. The summed E-state index contributed by atoms with van der Waals surface area (Å²) in [4.78, 5) is 13.1. The predicted molar refractivity (Wildman–Crippen MR) is 118 cm³/mol. The molecule has 0 aliphatic rings. The molecular weight excluding hydrogens is 404 g/mol. The standard InChI is InChI=1S/C22H18N2O3S2/c1-15-7-2-5-10-19(15)23-22(25)18-13-16-8-3-4-9-17(16)14-20(18)24-29(26,27)21-11-6-12-28-21/h2-14,24H,1H3,(H,23,25). The van der Waals surface area contributed by atoms with Crippen molar-refractivity contribution in [3.63, 3.8) is 0 Å². The molecule has 0 aliphatic carbocycles. The highest BCUT2D eigenvalue weighted by molar-refractivity contribution is 7.94. The van der Waals surface area contributed by atoms with Gasteiger partial charge >= 0.3 is 0 Å². The van der Waals surface area contributed by atoms with Crippen molar-refractivity contribution >= 4 is 49.4 Å². The molecule has 0 radical (unpaired) electrons. The van der Waals surface area contributed by atoms with Crippen molar-refractivity contribution in [2.24, 2.45) is 0 Å². The van der Waals surface area contributed by atoms with Crippen LogP contribution in [-0.4, -0.2) is 14.3 Å². The van der Waals surface area contributed by atoms with Crippen LogP contribution >= 0.6 is 11.3 Å². The van der Waals surface area contributed by atoms with Crippen molar-refractivity contribution < 1.29 is 13.2 Å². The van der Waals surface area contributed by atoms with E-state index in [9.17, 15) is 13.2 Å². The van der Waals surface area contributed by atoms with Crippen LogP contribution in [0.2, 0.25) is 0 Å². The number of carbonyl (C=O) groups is 1. The number of rotatable bonds is 5. The van der Waals surface area contributed by atoms with Gasteiger partial charge in [0, 0.05) is 5.69 Å². The summed E-state index contributed by atoms with van der Waals surface area (Å²) >= 11 is 1.12. The first-order chi connectivity index (χ1) is 13.9. The van der Waals surface area contributed by atoms with Crippen LogP contribution in [-0.2, 0) is 10.0 Å². The summed E-state index contributed by atoms with van der Waals surface area (Å²) in [5.41, 5.74) is 2.09. The van der Waals surface area contributed by atoms with Gasteiger partial charge in [0.25, 0.3) is 15.9 Å². The lowest BCUT2D eigenvalue weighted by molar-refractivity contribution is 0.102. The van der Waals surface area contributed by atoms with E-state index in [1.165, 1.54) is 6.07 Å². The zero-order valence-electron chi connectivity index (χ0n) is 15.5. The minimum absolute atomic E-state index is 0.191. The SMILES string of the molecule is Cc1ccccc1NC(=O)c1cc2ccccc2cc1NS(=O)(=O)c1cccs1. The van der Waals surface area contributed by atoms with E-state index in [0.717, 1.165) is 27.7 Å². The third-order valence-electron chi connectivity index (χ3n) is 4.53. The van der Waals surface area contributed by atoms with Gasteiger partial charge in [0.15, 0.2) is 0 Å². The van der Waals surface area contributed by atoms with Crippen LogP contribution in [0.3, 0.4) is 0 Å². The summed E-state index contributed by atoms with van der Waals surface area (Å²) in [6.45, 7) is 1.90. The molecule has 4 aromatic rings. The van der Waals surface area contributed by atoms with Crippen molar-refractivity contribution in [1.29, 1.82) is 0 Å². The summed E-state index contributed by atoms with van der Waals surface area (Å²) in [6, 6.07) is 21.5. The largest absolute Gasteiger partial charge is 0.322 e. The number of thiophene rings is 1. The van der Waals surface area contributed by atoms with Crippen molar-refractivity contribution in [1.82, 2.24) is 0 Å². The molecule has 0 atom stereocenters. The van der Waals surface area contributed by atoms with Crippen LogP contribution in [0, 0.1) is 6.92 Å². The van der Waals surface area contributed by atoms with Gasteiger partial charge in [-0.1, -0.05) is 48.5 Å². The molecule has 0 bridgehead atoms. The highest BCUT2D eigenvalue weighted by Crippen LogP contribution is 2.28. The Labute approximate surface area is 173 Å². The van der Waals surface area contributed by atoms with E-state index in [0.29, 0.717) is 5.69 Å². The Morgan fingerprint density at radius 2 is 1.55 bits per heavy atom. The van der Waals surface area contributed by atoms with Crippen LogP contribution in [0.1, 0.15) is 15.9 Å². The topological polar surface area (TPSA) is 75.3 Å². The lowest BCUT2D eigenvalue weighted by Crippen LogP contribution is -2.18. The second-order valence-corrected chi connectivity index (χ2v) is 9.41. The Balaban J connectivity index is 1.78. The van der Waals surface area contributed by atoms with E-state index in [2.05, 4.69) is 10.0 Å². The van der Waals surface area contributed by atoms with Gasteiger partial charge in [-0.05, 0) is 52.9 Å². The smallest absolute Gasteiger partial charge is 0.271 e. The summed E-state index contributed by atoms with van der Waals surface area (Å²) in [6.07, 6.45) is 0. The van der Waals surface area contributed by atoms with E-state index < -0.39 is 10.0 Å². The maximum Gasteiger partial charge on any atom is 0.271 e. The number of anilines is 2. The molecule has 0 spiro atoms. The Morgan fingerprint density at radius 3 is 2.24 bits per heavy atom. The number of carbonyl (C=O) groups excluding carboxylic acids is 1. The second-order valence-electron chi connectivity index (χ2n) is 6.55.